The number of halogens is 3. The molecule has 1 fully saturated rings. The zero-order valence-electron chi connectivity index (χ0n) is 11.8. The molecule has 2 N–H and O–H groups in total. The van der Waals surface area contributed by atoms with Gasteiger partial charge in [0.2, 0.25) is 0 Å². The predicted octanol–water partition coefficient (Wildman–Crippen LogP) is 3.50. The Bertz CT molecular complexity index is 531. The number of pyridine rings is 1. The van der Waals surface area contributed by atoms with Crippen LogP contribution in [-0.2, 0) is 6.18 Å². The second-order valence-electron chi connectivity index (χ2n) is 5.18. The van der Waals surface area contributed by atoms with Crippen LogP contribution >= 0.6 is 12.2 Å². The molecule has 0 spiro atoms. The fraction of sp³-hybridized carbons (Fsp3) is 0.571. The van der Waals surface area contributed by atoms with Gasteiger partial charge in [-0.25, -0.2) is 4.98 Å². The van der Waals surface area contributed by atoms with Crippen molar-refractivity contribution < 1.29 is 13.2 Å². The second kappa shape index (κ2) is 6.17. The van der Waals surface area contributed by atoms with Crippen LogP contribution < -0.4 is 10.6 Å². The van der Waals surface area contributed by atoms with Gasteiger partial charge in [0.25, 0.3) is 0 Å². The number of nitrogens with zero attached hydrogens (tertiary/aromatic N) is 2. The molecule has 1 aromatic heterocycles. The number of hydrogen-bond acceptors (Lipinski definition) is 3. The summed E-state index contributed by atoms with van der Waals surface area (Å²) in [7, 11) is 0. The maximum Gasteiger partial charge on any atom is 0.433 e. The van der Waals surface area contributed by atoms with Gasteiger partial charge in [-0.15, -0.1) is 0 Å². The molecule has 0 bridgehead atoms. The number of anilines is 1. The van der Waals surface area contributed by atoms with E-state index in [1.807, 2.05) is 11.8 Å². The molecule has 1 atom stereocenters. The predicted molar refractivity (Wildman–Crippen MR) is 80.4 cm³/mol. The van der Waals surface area contributed by atoms with Gasteiger partial charge in [0, 0.05) is 12.6 Å². The molecule has 116 valence electrons. The van der Waals surface area contributed by atoms with Crippen LogP contribution in [0.25, 0.3) is 0 Å². The van der Waals surface area contributed by atoms with Crippen molar-refractivity contribution in [1.82, 2.24) is 4.98 Å². The number of rotatable bonds is 3. The van der Waals surface area contributed by atoms with Gasteiger partial charge < -0.3 is 10.6 Å². The van der Waals surface area contributed by atoms with Crippen molar-refractivity contribution in [2.24, 2.45) is 5.73 Å². The third-order valence-electron chi connectivity index (χ3n) is 3.80. The molecule has 7 heteroatoms. The maximum atomic E-state index is 12.9. The van der Waals surface area contributed by atoms with E-state index >= 15 is 0 Å². The molecule has 0 aliphatic carbocycles. The highest BCUT2D eigenvalue weighted by Gasteiger charge is 2.34. The van der Waals surface area contributed by atoms with E-state index in [1.165, 1.54) is 6.07 Å². The van der Waals surface area contributed by atoms with Gasteiger partial charge in [-0.3, -0.25) is 0 Å². The fourth-order valence-electron chi connectivity index (χ4n) is 2.72. The first-order valence-corrected chi connectivity index (χ1v) is 7.40. The maximum absolute atomic E-state index is 12.9. The fourth-order valence-corrected chi connectivity index (χ4v) is 2.88. The van der Waals surface area contributed by atoms with Gasteiger partial charge in [-0.1, -0.05) is 19.1 Å². The summed E-state index contributed by atoms with van der Waals surface area (Å²) in [5.74, 6) is 0.267. The first-order valence-electron chi connectivity index (χ1n) is 6.99. The van der Waals surface area contributed by atoms with Crippen molar-refractivity contribution >= 4 is 23.0 Å². The molecule has 1 aliphatic rings. The number of nitrogens with two attached hydrogens (primary N) is 1. The Morgan fingerprint density at radius 1 is 1.43 bits per heavy atom. The lowest BCUT2D eigenvalue weighted by molar-refractivity contribution is -0.141. The monoisotopic (exact) mass is 317 g/mol. The minimum atomic E-state index is -4.47. The third-order valence-corrected chi connectivity index (χ3v) is 4.02. The Kier molecular flexibility index (Phi) is 4.70. The molecule has 2 heterocycles. The smallest absolute Gasteiger partial charge is 0.389 e. The van der Waals surface area contributed by atoms with Crippen LogP contribution in [0, 0.1) is 0 Å². The van der Waals surface area contributed by atoms with Crippen molar-refractivity contribution in [3.8, 4) is 0 Å². The number of aromatic nitrogens is 1. The summed E-state index contributed by atoms with van der Waals surface area (Å²) in [6.45, 7) is 2.71. The lowest BCUT2D eigenvalue weighted by atomic mass is 9.99. The lowest BCUT2D eigenvalue weighted by Gasteiger charge is -2.37. The van der Waals surface area contributed by atoms with E-state index in [4.69, 9.17) is 18.0 Å². The van der Waals surface area contributed by atoms with Gasteiger partial charge in [0.15, 0.2) is 0 Å². The molecule has 1 unspecified atom stereocenters. The zero-order valence-corrected chi connectivity index (χ0v) is 12.6. The Hall–Kier alpha value is -1.37. The quantitative estimate of drug-likeness (QED) is 0.866. The molecule has 0 saturated carbocycles. The van der Waals surface area contributed by atoms with Crippen LogP contribution in [-0.4, -0.2) is 22.6 Å². The molecular weight excluding hydrogens is 299 g/mol. The molecule has 0 radical (unpaired) electrons. The number of piperidine rings is 1. The number of alkyl halides is 3. The van der Waals surface area contributed by atoms with E-state index in [2.05, 4.69) is 4.98 Å². The first-order chi connectivity index (χ1) is 9.84. The summed E-state index contributed by atoms with van der Waals surface area (Å²) in [6.07, 6.45) is -0.650. The molecule has 1 saturated heterocycles. The average molecular weight is 317 g/mol. The average Bonchev–Trinajstić information content (AvgIpc) is 2.45. The summed E-state index contributed by atoms with van der Waals surface area (Å²) in [5, 5.41) is 0. The minimum absolute atomic E-state index is 0.0756. The van der Waals surface area contributed by atoms with Crippen LogP contribution in [0.15, 0.2) is 12.1 Å². The van der Waals surface area contributed by atoms with Crippen LogP contribution in [0.1, 0.15) is 43.9 Å². The lowest BCUT2D eigenvalue weighted by Crippen LogP contribution is -2.41. The van der Waals surface area contributed by atoms with Crippen molar-refractivity contribution in [3.05, 3.63) is 23.4 Å². The second-order valence-corrected chi connectivity index (χ2v) is 5.62. The zero-order chi connectivity index (χ0) is 15.6. The number of hydrogen-bond donors (Lipinski definition) is 1. The van der Waals surface area contributed by atoms with Gasteiger partial charge in [-0.2, -0.15) is 13.2 Å². The summed E-state index contributed by atoms with van der Waals surface area (Å²) < 4.78 is 38.7. The van der Waals surface area contributed by atoms with Gasteiger partial charge >= 0.3 is 6.18 Å². The summed E-state index contributed by atoms with van der Waals surface area (Å²) >= 11 is 4.96. The molecule has 3 nitrogen and oxygen atoms in total. The minimum Gasteiger partial charge on any atom is -0.389 e. The van der Waals surface area contributed by atoms with E-state index in [0.717, 1.165) is 31.7 Å². The van der Waals surface area contributed by atoms with Crippen molar-refractivity contribution in [3.63, 3.8) is 0 Å². The van der Waals surface area contributed by atoms with E-state index in [0.29, 0.717) is 12.1 Å². The Labute approximate surface area is 127 Å². The van der Waals surface area contributed by atoms with Crippen LogP contribution in [0.2, 0.25) is 0 Å². The summed E-state index contributed by atoms with van der Waals surface area (Å²) in [4.78, 5) is 5.82. The topological polar surface area (TPSA) is 42.2 Å². The van der Waals surface area contributed by atoms with Crippen molar-refractivity contribution in [2.45, 2.75) is 44.8 Å². The summed E-state index contributed by atoms with van der Waals surface area (Å²) in [6, 6.07) is 2.44. The highest BCUT2D eigenvalue weighted by Crippen LogP contribution is 2.33. The van der Waals surface area contributed by atoms with Crippen LogP contribution in [0.5, 0.6) is 0 Å². The van der Waals surface area contributed by atoms with Crippen LogP contribution in [0.3, 0.4) is 0 Å². The van der Waals surface area contributed by atoms with E-state index < -0.39 is 11.9 Å². The highest BCUT2D eigenvalue weighted by molar-refractivity contribution is 7.80. The Morgan fingerprint density at radius 2 is 2.14 bits per heavy atom. The van der Waals surface area contributed by atoms with E-state index in [9.17, 15) is 13.2 Å². The van der Waals surface area contributed by atoms with Crippen LogP contribution in [0.4, 0.5) is 19.0 Å². The molecule has 1 aliphatic heterocycles. The standard InChI is InChI=1S/C14H18F3N3S/c1-2-9-5-3-4-8-20(9)13-10(12(18)21)6-7-11(19-13)14(15,16)17/h6-7,9H,2-5,8H2,1H3,(H2,18,21). The summed E-state index contributed by atoms with van der Waals surface area (Å²) in [5.41, 5.74) is 5.16. The molecule has 0 aromatic carbocycles. The van der Waals surface area contributed by atoms with E-state index in [-0.39, 0.29) is 16.8 Å². The molecular formula is C14H18F3N3S. The van der Waals surface area contributed by atoms with Crippen molar-refractivity contribution in [1.29, 1.82) is 0 Å². The molecule has 2 rings (SSSR count). The van der Waals surface area contributed by atoms with E-state index in [1.54, 1.807) is 0 Å². The first kappa shape index (κ1) is 16.0. The normalized spacial score (nSPS) is 19.6. The number of thiocarbonyl (C=S) groups is 1. The largest absolute Gasteiger partial charge is 0.433 e. The van der Waals surface area contributed by atoms with Gasteiger partial charge in [0.1, 0.15) is 16.5 Å². The Balaban J connectivity index is 2.49. The SMILES string of the molecule is CCC1CCCCN1c1nc(C(F)(F)F)ccc1C(N)=S. The molecule has 0 amide bonds. The molecule has 1 aromatic rings. The van der Waals surface area contributed by atoms with Gasteiger partial charge in [-0.05, 0) is 37.8 Å². The Morgan fingerprint density at radius 3 is 2.71 bits per heavy atom. The van der Waals surface area contributed by atoms with Crippen molar-refractivity contribution in [2.75, 3.05) is 11.4 Å². The third kappa shape index (κ3) is 3.45. The highest BCUT2D eigenvalue weighted by atomic mass is 32.1. The van der Waals surface area contributed by atoms with Gasteiger partial charge in [0.05, 0.1) is 5.56 Å². The molecule has 21 heavy (non-hydrogen) atoms.